The molecule has 104 heavy (non-hydrogen) atoms. The third kappa shape index (κ3) is 23.5. The molecular formula is C96H170Br4N4. The summed E-state index contributed by atoms with van der Waals surface area (Å²) in [6.45, 7) is 9.58. The Kier molecular flexibility index (Phi) is 37.1. The Labute approximate surface area is 680 Å². The normalized spacial score (nSPS) is 40.3. The minimum absolute atomic E-state index is 0.727. The molecule has 0 saturated heterocycles. The fourth-order valence-electron chi connectivity index (χ4n) is 28.1. The molecule has 12 fully saturated rings. The van der Waals surface area contributed by atoms with Crippen molar-refractivity contribution in [2.75, 3.05) is 0 Å². The van der Waals surface area contributed by atoms with E-state index in [4.69, 9.17) is 0 Å². The van der Waals surface area contributed by atoms with Crippen LogP contribution in [0.2, 0.25) is 0 Å². The summed E-state index contributed by atoms with van der Waals surface area (Å²) in [5.41, 5.74) is 0. The summed E-state index contributed by atoms with van der Waals surface area (Å²) in [7, 11) is 0. The topological polar surface area (TPSA) is 13.0 Å². The average molecular weight is 1700 g/mol. The number of nitrogens with zero attached hydrogens (tertiary/aromatic N) is 4. The summed E-state index contributed by atoms with van der Waals surface area (Å²) in [6.07, 6.45) is 97.6. The molecule has 8 unspecified atom stereocenters. The fourth-order valence-corrected chi connectivity index (χ4v) is 30.3. The van der Waals surface area contributed by atoms with Gasteiger partial charge in [0, 0.05) is 91.8 Å². The van der Waals surface area contributed by atoms with Gasteiger partial charge in [-0.2, -0.15) is 0 Å². The van der Waals surface area contributed by atoms with E-state index < -0.39 is 0 Å². The smallest absolute Gasteiger partial charge is 0.0147 e. The van der Waals surface area contributed by atoms with Gasteiger partial charge in [0.15, 0.2) is 0 Å². The lowest BCUT2D eigenvalue weighted by molar-refractivity contribution is -0.196. The molecule has 602 valence electrons. The first-order valence-corrected chi connectivity index (χ1v) is 52.4. The van der Waals surface area contributed by atoms with Gasteiger partial charge in [0.05, 0.1) is 0 Å². The molecule has 0 aromatic rings. The third-order valence-corrected chi connectivity index (χ3v) is 37.2. The highest BCUT2D eigenvalue weighted by molar-refractivity contribution is 9.10. The second kappa shape index (κ2) is 45.3. The predicted octanol–water partition coefficient (Wildman–Crippen LogP) is 29.8. The molecular weight excluding hydrogens is 1530 g/mol. The first-order valence-electron chi connectivity index (χ1n) is 48.8. The SMILES string of the molecule is CCCCCCCCC1CCC(N(C2CCC(Br)CC2)C2CC(N(C3CCC(Br)CC3)C3CCC(CCCCCCCC)CC3)C3CCC4C5C(CCC2C35)C(N(C2CCC(Br)CC2)C2CCC(CCCCCCCC)CC2)CC4N(C2CCC(Br)CC2)C2CCC(CCCCCCCC)CC2)CC1. The Hall–Kier alpha value is 1.76. The maximum absolute atomic E-state index is 4.33. The number of unbranched alkanes of at least 4 members (excludes halogenated alkanes) is 20. The lowest BCUT2D eigenvalue weighted by Gasteiger charge is -2.69. The number of hydrogen-bond acceptors (Lipinski definition) is 4. The number of halogens is 4. The van der Waals surface area contributed by atoms with Gasteiger partial charge < -0.3 is 0 Å². The summed E-state index contributed by atoms with van der Waals surface area (Å²) in [5, 5.41) is 0. The molecule has 0 spiro atoms. The van der Waals surface area contributed by atoms with Crippen LogP contribution in [0.4, 0.5) is 0 Å². The van der Waals surface area contributed by atoms with E-state index in [0.717, 1.165) is 151 Å². The second-order valence-electron chi connectivity index (χ2n) is 40.0. The fraction of sp³-hybridized carbons (Fsp3) is 1.00. The second-order valence-corrected chi connectivity index (χ2v) is 45.2. The summed E-state index contributed by atoms with van der Waals surface area (Å²) in [5.74, 6) is 9.28. The molecule has 4 nitrogen and oxygen atoms in total. The zero-order valence-electron chi connectivity index (χ0n) is 69.0. The molecule has 12 rings (SSSR count). The Morgan fingerprint density at radius 3 is 0.538 bits per heavy atom. The molecule has 0 radical (unpaired) electrons. The minimum Gasteiger partial charge on any atom is -0.294 e. The summed E-state index contributed by atoms with van der Waals surface area (Å²) >= 11 is 17.3. The highest BCUT2D eigenvalue weighted by Gasteiger charge is 2.65. The Morgan fingerprint density at radius 1 is 0.192 bits per heavy atom. The van der Waals surface area contributed by atoms with E-state index in [1.807, 2.05) is 0 Å². The zero-order valence-corrected chi connectivity index (χ0v) is 75.3. The maximum atomic E-state index is 4.33. The Bertz CT molecular complexity index is 1950. The molecule has 0 aliphatic heterocycles. The zero-order chi connectivity index (χ0) is 72.0. The Morgan fingerprint density at radius 2 is 0.356 bits per heavy atom. The van der Waals surface area contributed by atoms with Crippen LogP contribution in [-0.4, -0.2) is 111 Å². The maximum Gasteiger partial charge on any atom is 0.0147 e. The van der Waals surface area contributed by atoms with E-state index in [0.29, 0.717) is 0 Å². The van der Waals surface area contributed by atoms with Crippen molar-refractivity contribution >= 4 is 63.7 Å². The molecule has 0 aromatic carbocycles. The van der Waals surface area contributed by atoms with Crippen LogP contribution >= 0.6 is 63.7 Å². The van der Waals surface area contributed by atoms with Crippen LogP contribution in [0.3, 0.4) is 0 Å². The van der Waals surface area contributed by atoms with E-state index in [1.54, 1.807) is 25.7 Å². The van der Waals surface area contributed by atoms with E-state index in [9.17, 15) is 0 Å². The molecule has 12 aliphatic carbocycles. The molecule has 0 aromatic heterocycles. The first kappa shape index (κ1) is 85.1. The summed E-state index contributed by atoms with van der Waals surface area (Å²) in [6, 6.07) is 9.48. The molecule has 0 N–H and O–H groups in total. The van der Waals surface area contributed by atoms with E-state index >= 15 is 0 Å². The quantitative estimate of drug-likeness (QED) is 0.0448. The van der Waals surface area contributed by atoms with Crippen LogP contribution in [0.5, 0.6) is 0 Å². The monoisotopic (exact) mass is 1700 g/mol. The van der Waals surface area contributed by atoms with Gasteiger partial charge in [-0.3, -0.25) is 19.6 Å². The molecule has 0 amide bonds. The van der Waals surface area contributed by atoms with Gasteiger partial charge in [-0.25, -0.2) is 0 Å². The van der Waals surface area contributed by atoms with Crippen LogP contribution in [-0.2, 0) is 0 Å². The largest absolute Gasteiger partial charge is 0.294 e. The van der Waals surface area contributed by atoms with E-state index in [2.05, 4.69) is 111 Å². The van der Waals surface area contributed by atoms with Crippen LogP contribution in [0.1, 0.15) is 451 Å². The molecule has 12 saturated carbocycles. The van der Waals surface area contributed by atoms with Crippen molar-refractivity contribution in [3.63, 3.8) is 0 Å². The minimum atomic E-state index is 0.727. The highest BCUT2D eigenvalue weighted by atomic mass is 79.9. The average Bonchev–Trinajstić information content (AvgIpc) is 0.701. The van der Waals surface area contributed by atoms with Crippen LogP contribution in [0, 0.1) is 59.2 Å². The number of alkyl halides is 4. The number of rotatable bonds is 40. The summed E-state index contributed by atoms with van der Waals surface area (Å²) < 4.78 is 0. The van der Waals surface area contributed by atoms with Crippen molar-refractivity contribution in [1.29, 1.82) is 0 Å². The van der Waals surface area contributed by atoms with Gasteiger partial charge in [-0.05, 0) is 303 Å². The van der Waals surface area contributed by atoms with Gasteiger partial charge in [-0.15, -0.1) is 0 Å². The Balaban J connectivity index is 0.929. The summed E-state index contributed by atoms with van der Waals surface area (Å²) in [4.78, 5) is 17.4. The molecule has 8 atom stereocenters. The van der Waals surface area contributed by atoms with Crippen LogP contribution < -0.4 is 0 Å². The molecule has 0 bridgehead atoms. The van der Waals surface area contributed by atoms with Gasteiger partial charge in [0.1, 0.15) is 0 Å². The van der Waals surface area contributed by atoms with Crippen LogP contribution in [0.25, 0.3) is 0 Å². The third-order valence-electron chi connectivity index (χ3n) is 33.6. The first-order chi connectivity index (χ1) is 51.1. The lowest BCUT2D eigenvalue weighted by Crippen LogP contribution is -2.72. The van der Waals surface area contributed by atoms with Crippen molar-refractivity contribution < 1.29 is 0 Å². The molecule has 0 heterocycles. The number of hydrogen-bond donors (Lipinski definition) is 0. The van der Waals surface area contributed by atoms with E-state index in [1.165, 1.54) is 398 Å². The standard InChI is InChI=1S/C96H170Br4N4/c1-5-9-13-17-21-25-29-71-33-49-79(50-34-71)101(83-57-41-75(97)42-58-83)91-69-92(102(84-59-43-76(98)44-60-84)80-51-35-72(36-52-80)30-26-22-18-14-10-6-2)88-67-68-90-94(104(86-63-47-78(100)48-64-86)82-55-39-74(40-56-82)32-28-24-20-16-12-8-4)70-93(89-66-65-87(91)95(88)96(89)90)103(85-61-45-77(99)46-62-85)81-53-37-73(38-54-81)31-27-23-19-15-11-7-3/h71-96H,5-70H2,1-4H3. The van der Waals surface area contributed by atoms with Crippen molar-refractivity contribution in [2.24, 2.45) is 59.2 Å². The van der Waals surface area contributed by atoms with E-state index in [-0.39, 0.29) is 0 Å². The predicted molar refractivity (Wildman–Crippen MR) is 466 cm³/mol. The lowest BCUT2D eigenvalue weighted by atomic mass is 9.44. The van der Waals surface area contributed by atoms with Gasteiger partial charge in [-0.1, -0.05) is 271 Å². The van der Waals surface area contributed by atoms with Gasteiger partial charge in [0.2, 0.25) is 0 Å². The van der Waals surface area contributed by atoms with Gasteiger partial charge in [0.25, 0.3) is 0 Å². The van der Waals surface area contributed by atoms with Crippen molar-refractivity contribution in [1.82, 2.24) is 19.6 Å². The van der Waals surface area contributed by atoms with Crippen molar-refractivity contribution in [3.8, 4) is 0 Å². The highest BCUT2D eigenvalue weighted by Crippen LogP contribution is 2.65. The van der Waals surface area contributed by atoms with Crippen molar-refractivity contribution in [2.45, 2.75) is 543 Å². The van der Waals surface area contributed by atoms with Crippen molar-refractivity contribution in [3.05, 3.63) is 0 Å². The molecule has 8 heteroatoms. The van der Waals surface area contributed by atoms with Gasteiger partial charge >= 0.3 is 0 Å². The molecule has 12 aliphatic rings. The van der Waals surface area contributed by atoms with Crippen LogP contribution in [0.15, 0.2) is 0 Å².